The van der Waals surface area contributed by atoms with Crippen LogP contribution >= 0.6 is 0 Å². The molecular formula is C11H16. The van der Waals surface area contributed by atoms with E-state index in [2.05, 4.69) is 31.7 Å². The largest absolute Gasteiger partial charge is 0.103 e. The second kappa shape index (κ2) is 8.96. The lowest BCUT2D eigenvalue weighted by Crippen LogP contribution is -1.54. The first-order valence-electron chi connectivity index (χ1n) is 4.01. The Hall–Kier alpha value is -1.04. The summed E-state index contributed by atoms with van der Waals surface area (Å²) < 4.78 is 0. The van der Waals surface area contributed by atoms with Gasteiger partial charge in [0.15, 0.2) is 0 Å². The van der Waals surface area contributed by atoms with Crippen molar-refractivity contribution < 1.29 is 0 Å². The van der Waals surface area contributed by atoms with Crippen LogP contribution in [0, 0.1) is 0 Å². The van der Waals surface area contributed by atoms with Crippen LogP contribution in [0.15, 0.2) is 49.1 Å². The SMILES string of the molecule is C=CCC=CC=CC=CCC. The fourth-order valence-corrected chi connectivity index (χ4v) is 0.596. The van der Waals surface area contributed by atoms with E-state index >= 15 is 0 Å². The molecule has 0 heterocycles. The van der Waals surface area contributed by atoms with Gasteiger partial charge in [0.2, 0.25) is 0 Å². The average Bonchev–Trinajstić information content (AvgIpc) is 2.03. The Balaban J connectivity index is 3.42. The van der Waals surface area contributed by atoms with Crippen molar-refractivity contribution in [2.45, 2.75) is 19.8 Å². The van der Waals surface area contributed by atoms with Gasteiger partial charge < -0.3 is 0 Å². The van der Waals surface area contributed by atoms with E-state index in [0.717, 1.165) is 12.8 Å². The maximum absolute atomic E-state index is 3.62. The number of hydrogen-bond donors (Lipinski definition) is 0. The van der Waals surface area contributed by atoms with Crippen LogP contribution in [-0.2, 0) is 0 Å². The molecule has 0 aromatic rings. The minimum atomic E-state index is 0.946. The number of rotatable bonds is 5. The summed E-state index contributed by atoms with van der Waals surface area (Å²) in [5, 5.41) is 0. The van der Waals surface area contributed by atoms with Gasteiger partial charge in [0.1, 0.15) is 0 Å². The molecule has 11 heavy (non-hydrogen) atoms. The van der Waals surface area contributed by atoms with Crippen molar-refractivity contribution in [3.8, 4) is 0 Å². The molecule has 0 rings (SSSR count). The summed E-state index contributed by atoms with van der Waals surface area (Å²) in [7, 11) is 0. The van der Waals surface area contributed by atoms with E-state index in [1.54, 1.807) is 0 Å². The van der Waals surface area contributed by atoms with Gasteiger partial charge in [-0.25, -0.2) is 0 Å². The van der Waals surface area contributed by atoms with Crippen LogP contribution in [0.2, 0.25) is 0 Å². The Morgan fingerprint density at radius 1 is 1.00 bits per heavy atom. The van der Waals surface area contributed by atoms with Crippen molar-refractivity contribution >= 4 is 0 Å². The molecule has 0 atom stereocenters. The minimum Gasteiger partial charge on any atom is -0.103 e. The predicted octanol–water partition coefficient (Wildman–Crippen LogP) is 3.64. The third-order valence-electron chi connectivity index (χ3n) is 1.14. The molecule has 0 saturated carbocycles. The molecule has 0 aliphatic heterocycles. The summed E-state index contributed by atoms with van der Waals surface area (Å²) in [4.78, 5) is 0. The monoisotopic (exact) mass is 148 g/mol. The molecule has 0 bridgehead atoms. The molecule has 0 radical (unpaired) electrons. The molecule has 60 valence electrons. The van der Waals surface area contributed by atoms with E-state index in [-0.39, 0.29) is 0 Å². The van der Waals surface area contributed by atoms with E-state index in [0.29, 0.717) is 0 Å². The molecule has 0 aliphatic carbocycles. The van der Waals surface area contributed by atoms with Gasteiger partial charge >= 0.3 is 0 Å². The summed E-state index contributed by atoms with van der Waals surface area (Å²) in [5.41, 5.74) is 0. The Labute approximate surface area is 69.6 Å². The molecule has 0 nitrogen and oxygen atoms in total. The lowest BCUT2D eigenvalue weighted by atomic mass is 10.3. The van der Waals surface area contributed by atoms with Crippen molar-refractivity contribution in [2.75, 3.05) is 0 Å². The Kier molecular flexibility index (Phi) is 8.11. The molecule has 0 heteroatoms. The second-order valence-corrected chi connectivity index (χ2v) is 2.17. The van der Waals surface area contributed by atoms with Gasteiger partial charge in [-0.2, -0.15) is 0 Å². The van der Waals surface area contributed by atoms with Crippen LogP contribution in [-0.4, -0.2) is 0 Å². The van der Waals surface area contributed by atoms with Crippen LogP contribution in [0.1, 0.15) is 19.8 Å². The molecule has 0 N–H and O–H groups in total. The molecule has 0 fully saturated rings. The van der Waals surface area contributed by atoms with E-state index in [1.807, 2.05) is 24.3 Å². The zero-order valence-electron chi connectivity index (χ0n) is 7.16. The zero-order chi connectivity index (χ0) is 8.36. The molecule has 0 saturated heterocycles. The molecule has 0 aliphatic rings. The minimum absolute atomic E-state index is 0.946. The van der Waals surface area contributed by atoms with Crippen molar-refractivity contribution in [1.82, 2.24) is 0 Å². The maximum Gasteiger partial charge on any atom is -0.0169 e. The first-order valence-corrected chi connectivity index (χ1v) is 4.01. The van der Waals surface area contributed by atoms with E-state index in [1.165, 1.54) is 0 Å². The molecular weight excluding hydrogens is 132 g/mol. The summed E-state index contributed by atoms with van der Waals surface area (Å²) in [5.74, 6) is 0. The average molecular weight is 148 g/mol. The molecule has 0 aromatic carbocycles. The first-order chi connectivity index (χ1) is 5.41. The van der Waals surface area contributed by atoms with E-state index in [4.69, 9.17) is 0 Å². The quantitative estimate of drug-likeness (QED) is 0.412. The van der Waals surface area contributed by atoms with E-state index < -0.39 is 0 Å². The summed E-state index contributed by atoms with van der Waals surface area (Å²) in [6, 6.07) is 0. The first kappa shape index (κ1) is 9.96. The highest BCUT2D eigenvalue weighted by atomic mass is 13.7. The lowest BCUT2D eigenvalue weighted by Gasteiger charge is -1.76. The van der Waals surface area contributed by atoms with Gasteiger partial charge in [-0.05, 0) is 12.8 Å². The summed E-state index contributed by atoms with van der Waals surface area (Å²) in [6.45, 7) is 5.74. The standard InChI is InChI=1S/C11H16/c1-3-5-7-9-11-10-8-6-4-2/h3,6-11H,1,4-5H2,2H3. The molecule has 0 amide bonds. The van der Waals surface area contributed by atoms with Crippen LogP contribution in [0.5, 0.6) is 0 Å². The van der Waals surface area contributed by atoms with Gasteiger partial charge in [0, 0.05) is 0 Å². The highest BCUT2D eigenvalue weighted by Crippen LogP contribution is 1.86. The summed E-state index contributed by atoms with van der Waals surface area (Å²) in [6.07, 6.45) is 16.3. The van der Waals surface area contributed by atoms with Crippen molar-refractivity contribution in [3.05, 3.63) is 49.1 Å². The van der Waals surface area contributed by atoms with Crippen molar-refractivity contribution in [3.63, 3.8) is 0 Å². The van der Waals surface area contributed by atoms with Gasteiger partial charge in [-0.3, -0.25) is 0 Å². The lowest BCUT2D eigenvalue weighted by molar-refractivity contribution is 1.22. The fourth-order valence-electron chi connectivity index (χ4n) is 0.596. The Bertz CT molecular complexity index is 159. The van der Waals surface area contributed by atoms with Crippen LogP contribution < -0.4 is 0 Å². The molecule has 0 unspecified atom stereocenters. The second-order valence-electron chi connectivity index (χ2n) is 2.17. The van der Waals surface area contributed by atoms with Gasteiger partial charge in [-0.15, -0.1) is 6.58 Å². The summed E-state index contributed by atoms with van der Waals surface area (Å²) >= 11 is 0. The van der Waals surface area contributed by atoms with E-state index in [9.17, 15) is 0 Å². The van der Waals surface area contributed by atoms with Gasteiger partial charge in [0.25, 0.3) is 0 Å². The van der Waals surface area contributed by atoms with Gasteiger partial charge in [-0.1, -0.05) is 49.5 Å². The van der Waals surface area contributed by atoms with Crippen LogP contribution in [0.25, 0.3) is 0 Å². The highest BCUT2D eigenvalue weighted by Gasteiger charge is 1.64. The van der Waals surface area contributed by atoms with Gasteiger partial charge in [0.05, 0.1) is 0 Å². The molecule has 0 spiro atoms. The third kappa shape index (κ3) is 8.96. The zero-order valence-corrected chi connectivity index (χ0v) is 7.16. The Morgan fingerprint density at radius 3 is 2.18 bits per heavy atom. The number of allylic oxidation sites excluding steroid dienone is 7. The predicted molar refractivity (Wildman–Crippen MR) is 52.5 cm³/mol. The topological polar surface area (TPSA) is 0 Å². The molecule has 0 aromatic heterocycles. The normalized spacial score (nSPS) is 12.1. The third-order valence-corrected chi connectivity index (χ3v) is 1.14. The Morgan fingerprint density at radius 2 is 1.64 bits per heavy atom. The maximum atomic E-state index is 3.62. The van der Waals surface area contributed by atoms with Crippen LogP contribution in [0.3, 0.4) is 0 Å². The fraction of sp³-hybridized carbons (Fsp3) is 0.273. The highest BCUT2D eigenvalue weighted by molar-refractivity contribution is 5.11. The van der Waals surface area contributed by atoms with Crippen molar-refractivity contribution in [2.24, 2.45) is 0 Å². The smallest absolute Gasteiger partial charge is 0.0169 e. The van der Waals surface area contributed by atoms with Crippen LogP contribution in [0.4, 0.5) is 0 Å². The van der Waals surface area contributed by atoms with Crippen molar-refractivity contribution in [1.29, 1.82) is 0 Å². The number of hydrogen-bond acceptors (Lipinski definition) is 0.